The molecule has 0 aliphatic carbocycles. The van der Waals surface area contributed by atoms with Crippen LogP contribution in [-0.4, -0.2) is 39.8 Å². The second kappa shape index (κ2) is 7.22. The molecule has 0 aliphatic rings. The van der Waals surface area contributed by atoms with Gasteiger partial charge in [-0.1, -0.05) is 18.5 Å². The summed E-state index contributed by atoms with van der Waals surface area (Å²) < 4.78 is 31.9. The third-order valence-corrected chi connectivity index (χ3v) is 4.69. The number of carbonyl (C=O) groups is 1. The van der Waals surface area contributed by atoms with E-state index in [4.69, 9.17) is 21.4 Å². The predicted molar refractivity (Wildman–Crippen MR) is 79.4 cm³/mol. The fraction of sp³-hybridized carbons (Fsp3) is 0.462. The van der Waals surface area contributed by atoms with Crippen LogP contribution >= 0.6 is 11.6 Å². The Morgan fingerprint density at radius 1 is 1.48 bits per heavy atom. The van der Waals surface area contributed by atoms with Gasteiger partial charge in [0.1, 0.15) is 0 Å². The summed E-state index contributed by atoms with van der Waals surface area (Å²) in [5, 5.41) is 9.14. The first-order valence-electron chi connectivity index (χ1n) is 6.21. The number of carboxylic acid groups (broad SMARTS) is 1. The molecule has 118 valence electrons. The van der Waals surface area contributed by atoms with E-state index < -0.39 is 16.0 Å². The van der Waals surface area contributed by atoms with Crippen molar-refractivity contribution >= 4 is 27.6 Å². The fourth-order valence-electron chi connectivity index (χ4n) is 1.83. The second-order valence-corrected chi connectivity index (χ2v) is 6.97. The Bertz CT molecular complexity index is 630. The standard InChI is InChI=1S/C13H18ClNO5S/c1-8(7-20-3)6-15-21(18,19)12-5-10(14)4-11(9(12)2)13(16)17/h4-5,8,15H,6-7H2,1-3H3,(H,16,17). The van der Waals surface area contributed by atoms with Crippen LogP contribution in [0.3, 0.4) is 0 Å². The van der Waals surface area contributed by atoms with Crippen LogP contribution in [0.4, 0.5) is 0 Å². The summed E-state index contributed by atoms with van der Waals surface area (Å²) in [6.45, 7) is 3.87. The molecule has 0 aromatic heterocycles. The molecule has 2 N–H and O–H groups in total. The topological polar surface area (TPSA) is 92.7 Å². The highest BCUT2D eigenvalue weighted by atomic mass is 35.5. The number of rotatable bonds is 7. The number of carboxylic acids is 1. The zero-order valence-electron chi connectivity index (χ0n) is 12.0. The molecular formula is C13H18ClNO5S. The summed E-state index contributed by atoms with van der Waals surface area (Å²) in [5.74, 6) is -1.23. The highest BCUT2D eigenvalue weighted by molar-refractivity contribution is 7.89. The summed E-state index contributed by atoms with van der Waals surface area (Å²) in [6.07, 6.45) is 0. The Balaban J connectivity index is 3.11. The van der Waals surface area contributed by atoms with Gasteiger partial charge in [-0.05, 0) is 30.5 Å². The highest BCUT2D eigenvalue weighted by Gasteiger charge is 2.22. The zero-order chi connectivity index (χ0) is 16.2. The van der Waals surface area contributed by atoms with Crippen LogP contribution in [-0.2, 0) is 14.8 Å². The van der Waals surface area contributed by atoms with Gasteiger partial charge in [0.2, 0.25) is 10.0 Å². The Hall–Kier alpha value is -1.15. The fourth-order valence-corrected chi connectivity index (χ4v) is 3.57. The number of sulfonamides is 1. The van der Waals surface area contributed by atoms with Gasteiger partial charge in [-0.3, -0.25) is 0 Å². The first-order chi connectivity index (χ1) is 9.69. The number of aromatic carboxylic acids is 1. The first-order valence-corrected chi connectivity index (χ1v) is 8.07. The minimum atomic E-state index is -3.84. The molecule has 1 aromatic carbocycles. The Morgan fingerprint density at radius 2 is 2.10 bits per heavy atom. The smallest absolute Gasteiger partial charge is 0.336 e. The quantitative estimate of drug-likeness (QED) is 0.794. The molecule has 1 rings (SSSR count). The van der Waals surface area contributed by atoms with Gasteiger partial charge >= 0.3 is 5.97 Å². The van der Waals surface area contributed by atoms with Gasteiger partial charge in [0, 0.05) is 25.3 Å². The first kappa shape index (κ1) is 17.9. The molecule has 0 radical (unpaired) electrons. The molecule has 0 spiro atoms. The van der Waals surface area contributed by atoms with Crippen LogP contribution in [0, 0.1) is 12.8 Å². The average molecular weight is 336 g/mol. The maximum Gasteiger partial charge on any atom is 0.336 e. The van der Waals surface area contributed by atoms with E-state index in [1.807, 2.05) is 6.92 Å². The third-order valence-electron chi connectivity index (χ3n) is 2.92. The van der Waals surface area contributed by atoms with Gasteiger partial charge < -0.3 is 9.84 Å². The number of methoxy groups -OCH3 is 1. The third kappa shape index (κ3) is 4.67. The van der Waals surface area contributed by atoms with E-state index in [2.05, 4.69) is 4.72 Å². The molecule has 6 nitrogen and oxygen atoms in total. The van der Waals surface area contributed by atoms with Crippen molar-refractivity contribution in [2.45, 2.75) is 18.7 Å². The van der Waals surface area contributed by atoms with Crippen LogP contribution in [0.5, 0.6) is 0 Å². The normalized spacial score (nSPS) is 13.1. The van der Waals surface area contributed by atoms with Gasteiger partial charge in [-0.25, -0.2) is 17.9 Å². The minimum Gasteiger partial charge on any atom is -0.478 e. The van der Waals surface area contributed by atoms with Crippen molar-refractivity contribution in [2.24, 2.45) is 5.92 Å². The lowest BCUT2D eigenvalue weighted by atomic mass is 10.1. The van der Waals surface area contributed by atoms with E-state index in [0.717, 1.165) is 0 Å². The van der Waals surface area contributed by atoms with Crippen LogP contribution < -0.4 is 4.72 Å². The summed E-state index contributed by atoms with van der Waals surface area (Å²) in [7, 11) is -2.30. The van der Waals surface area contributed by atoms with Crippen LogP contribution in [0.25, 0.3) is 0 Å². The van der Waals surface area contributed by atoms with E-state index >= 15 is 0 Å². The lowest BCUT2D eigenvalue weighted by molar-refractivity contribution is 0.0696. The molecule has 0 heterocycles. The van der Waals surface area contributed by atoms with Gasteiger partial charge in [-0.2, -0.15) is 0 Å². The number of nitrogens with one attached hydrogen (secondary N) is 1. The number of benzene rings is 1. The van der Waals surface area contributed by atoms with E-state index in [1.165, 1.54) is 26.2 Å². The molecule has 0 fully saturated rings. The Kier molecular flexibility index (Phi) is 6.15. The maximum absolute atomic E-state index is 12.3. The van der Waals surface area contributed by atoms with Crippen molar-refractivity contribution in [1.29, 1.82) is 0 Å². The number of hydrogen-bond acceptors (Lipinski definition) is 4. The van der Waals surface area contributed by atoms with Crippen molar-refractivity contribution in [2.75, 3.05) is 20.3 Å². The lowest BCUT2D eigenvalue weighted by Gasteiger charge is -2.14. The summed E-state index contributed by atoms with van der Waals surface area (Å²) >= 11 is 5.81. The second-order valence-electron chi connectivity index (χ2n) is 4.79. The van der Waals surface area contributed by atoms with Gasteiger partial charge in [-0.15, -0.1) is 0 Å². The number of ether oxygens (including phenoxy) is 1. The van der Waals surface area contributed by atoms with E-state index in [9.17, 15) is 13.2 Å². The van der Waals surface area contributed by atoms with Crippen molar-refractivity contribution in [1.82, 2.24) is 4.72 Å². The Morgan fingerprint density at radius 3 is 2.62 bits per heavy atom. The van der Waals surface area contributed by atoms with E-state index in [1.54, 1.807) is 0 Å². The summed E-state index contributed by atoms with van der Waals surface area (Å²) in [6, 6.07) is 2.47. The predicted octanol–water partition coefficient (Wildman–Crippen LogP) is 1.91. The molecule has 1 atom stereocenters. The van der Waals surface area contributed by atoms with Crippen LogP contribution in [0.1, 0.15) is 22.8 Å². The largest absolute Gasteiger partial charge is 0.478 e. The van der Waals surface area contributed by atoms with Gasteiger partial charge in [0.15, 0.2) is 0 Å². The van der Waals surface area contributed by atoms with E-state index in [-0.39, 0.29) is 33.5 Å². The monoisotopic (exact) mass is 335 g/mol. The molecule has 0 saturated heterocycles. The molecule has 0 aliphatic heterocycles. The molecule has 1 aromatic rings. The molecular weight excluding hydrogens is 318 g/mol. The SMILES string of the molecule is COCC(C)CNS(=O)(=O)c1cc(Cl)cc(C(=O)O)c1C. The lowest BCUT2D eigenvalue weighted by Crippen LogP contribution is -2.30. The van der Waals surface area contributed by atoms with E-state index in [0.29, 0.717) is 6.61 Å². The van der Waals surface area contributed by atoms with Crippen molar-refractivity contribution in [3.63, 3.8) is 0 Å². The van der Waals surface area contributed by atoms with Crippen LogP contribution in [0.15, 0.2) is 17.0 Å². The van der Waals surface area contributed by atoms with Gasteiger partial charge in [0.25, 0.3) is 0 Å². The van der Waals surface area contributed by atoms with Crippen molar-refractivity contribution < 1.29 is 23.1 Å². The molecule has 0 amide bonds. The molecule has 0 bridgehead atoms. The van der Waals surface area contributed by atoms with Crippen molar-refractivity contribution in [3.05, 3.63) is 28.3 Å². The average Bonchev–Trinajstić information content (AvgIpc) is 2.39. The minimum absolute atomic E-state index is 0.0109. The summed E-state index contributed by atoms with van der Waals surface area (Å²) in [4.78, 5) is 11.0. The highest BCUT2D eigenvalue weighted by Crippen LogP contribution is 2.24. The number of hydrogen-bond donors (Lipinski definition) is 2. The summed E-state index contributed by atoms with van der Waals surface area (Å²) in [5.41, 5.74) is 0.0200. The number of halogens is 1. The molecule has 1 unspecified atom stereocenters. The molecule has 0 saturated carbocycles. The van der Waals surface area contributed by atoms with Crippen LogP contribution in [0.2, 0.25) is 5.02 Å². The molecule has 21 heavy (non-hydrogen) atoms. The zero-order valence-corrected chi connectivity index (χ0v) is 13.6. The maximum atomic E-state index is 12.3. The van der Waals surface area contributed by atoms with Crippen molar-refractivity contribution in [3.8, 4) is 0 Å². The Labute approximate surface area is 129 Å². The van der Waals surface area contributed by atoms with Gasteiger partial charge in [0.05, 0.1) is 10.5 Å². The molecule has 8 heteroatoms.